The first-order valence-electron chi connectivity index (χ1n) is 12.2. The van der Waals surface area contributed by atoms with Crippen LogP contribution < -0.4 is 15.4 Å². The molecule has 202 valence electrons. The highest BCUT2D eigenvalue weighted by atomic mass is 35.5. The summed E-state index contributed by atoms with van der Waals surface area (Å²) in [5, 5.41) is 10.5. The molecule has 0 unspecified atom stereocenters. The number of anilines is 3. The number of carbonyl (C=O) groups excluding carboxylic acids is 2. The van der Waals surface area contributed by atoms with Crippen LogP contribution in [0.5, 0.6) is 11.5 Å². The van der Waals surface area contributed by atoms with E-state index in [0.717, 1.165) is 0 Å². The fourth-order valence-electron chi connectivity index (χ4n) is 4.33. The van der Waals surface area contributed by atoms with Crippen molar-refractivity contribution in [1.29, 1.82) is 0 Å². The third-order valence-corrected chi connectivity index (χ3v) is 6.75. The fraction of sp³-hybridized carbons (Fsp3) is 0.333. The van der Waals surface area contributed by atoms with Crippen LogP contribution in [-0.2, 0) is 23.1 Å². The molecular weight excluding hydrogens is 530 g/mol. The van der Waals surface area contributed by atoms with E-state index in [9.17, 15) is 9.59 Å². The predicted molar refractivity (Wildman–Crippen MR) is 140 cm³/mol. The number of hydrogen-bond acceptors (Lipinski definition) is 10. The molecule has 39 heavy (non-hydrogen) atoms. The highest BCUT2D eigenvalue weighted by molar-refractivity contribution is 6.36. The van der Waals surface area contributed by atoms with Crippen LogP contribution in [0.4, 0.5) is 22.4 Å². The number of hydrogen-bond donors (Lipinski definition) is 2. The fourth-order valence-corrected chi connectivity index (χ4v) is 4.63. The molecule has 15 heteroatoms. The minimum Gasteiger partial charge on any atom is -0.454 e. The largest absolute Gasteiger partial charge is 0.454 e. The highest BCUT2D eigenvalue weighted by Gasteiger charge is 2.25. The van der Waals surface area contributed by atoms with Crippen molar-refractivity contribution in [2.24, 2.45) is 7.05 Å². The van der Waals surface area contributed by atoms with Gasteiger partial charge in [-0.25, -0.2) is 14.8 Å². The summed E-state index contributed by atoms with van der Waals surface area (Å²) >= 11 is 6.71. The van der Waals surface area contributed by atoms with Gasteiger partial charge in [0.25, 0.3) is 5.91 Å². The van der Waals surface area contributed by atoms with E-state index in [-0.39, 0.29) is 28.6 Å². The van der Waals surface area contributed by atoms with Gasteiger partial charge in [-0.15, -0.1) is 0 Å². The Hall–Kier alpha value is -4.43. The summed E-state index contributed by atoms with van der Waals surface area (Å²) in [6.45, 7) is 2.15. The summed E-state index contributed by atoms with van der Waals surface area (Å²) < 4.78 is 19.9. The SMILES string of the molecule is CN1CCn2nc(Nc3nc4ncc(Oc5ccnc(NC(=O)O[C@@H]6CCOC6)c5)c(Cl)c4n3C)cc2C1=O. The van der Waals surface area contributed by atoms with Crippen LogP contribution in [0.1, 0.15) is 16.9 Å². The normalized spacial score (nSPS) is 16.8. The van der Waals surface area contributed by atoms with Crippen molar-refractivity contribution in [3.63, 3.8) is 0 Å². The van der Waals surface area contributed by atoms with E-state index in [0.29, 0.717) is 67.1 Å². The van der Waals surface area contributed by atoms with Gasteiger partial charge >= 0.3 is 6.09 Å². The second-order valence-corrected chi connectivity index (χ2v) is 9.47. The number of ether oxygens (including phenoxy) is 3. The molecule has 0 saturated carbocycles. The molecule has 0 aromatic carbocycles. The summed E-state index contributed by atoms with van der Waals surface area (Å²) in [4.78, 5) is 39.3. The maximum absolute atomic E-state index is 12.4. The zero-order valence-electron chi connectivity index (χ0n) is 21.0. The third-order valence-electron chi connectivity index (χ3n) is 6.39. The molecule has 6 rings (SSSR count). The lowest BCUT2D eigenvalue weighted by atomic mass is 10.3. The number of nitrogens with zero attached hydrogens (tertiary/aromatic N) is 7. The first-order chi connectivity index (χ1) is 18.9. The molecule has 0 bridgehead atoms. The van der Waals surface area contributed by atoms with Crippen LogP contribution in [0.25, 0.3) is 11.2 Å². The van der Waals surface area contributed by atoms with Crippen LogP contribution in [0.2, 0.25) is 5.02 Å². The number of fused-ring (bicyclic) bond motifs is 2. The van der Waals surface area contributed by atoms with Crippen LogP contribution in [0.3, 0.4) is 0 Å². The number of aryl methyl sites for hydroxylation is 1. The van der Waals surface area contributed by atoms with Gasteiger partial charge < -0.3 is 29.0 Å². The van der Waals surface area contributed by atoms with Crippen molar-refractivity contribution < 1.29 is 23.8 Å². The number of aromatic nitrogens is 6. The summed E-state index contributed by atoms with van der Waals surface area (Å²) in [6.07, 6.45) is 2.71. The van der Waals surface area contributed by atoms with Crippen molar-refractivity contribution in [2.75, 3.05) is 37.4 Å². The zero-order valence-corrected chi connectivity index (χ0v) is 21.8. The van der Waals surface area contributed by atoms with E-state index in [1.807, 2.05) is 0 Å². The average molecular weight is 554 g/mol. The van der Waals surface area contributed by atoms with Gasteiger partial charge in [0, 0.05) is 45.4 Å². The van der Waals surface area contributed by atoms with E-state index in [4.69, 9.17) is 25.8 Å². The first kappa shape index (κ1) is 24.9. The highest BCUT2D eigenvalue weighted by Crippen LogP contribution is 2.36. The van der Waals surface area contributed by atoms with E-state index in [1.54, 1.807) is 46.4 Å². The molecule has 4 aromatic heterocycles. The van der Waals surface area contributed by atoms with Crippen LogP contribution in [0.15, 0.2) is 30.6 Å². The minimum absolute atomic E-state index is 0.0897. The van der Waals surface area contributed by atoms with Gasteiger partial charge in [-0.3, -0.25) is 14.8 Å². The Morgan fingerprint density at radius 1 is 1.21 bits per heavy atom. The molecule has 0 radical (unpaired) electrons. The van der Waals surface area contributed by atoms with Crippen LogP contribution in [0, 0.1) is 0 Å². The Kier molecular flexibility index (Phi) is 6.40. The zero-order chi connectivity index (χ0) is 27.1. The molecule has 1 saturated heterocycles. The number of halogens is 1. The molecule has 2 amide bonds. The third kappa shape index (κ3) is 4.91. The molecule has 1 fully saturated rings. The Morgan fingerprint density at radius 3 is 2.90 bits per heavy atom. The van der Waals surface area contributed by atoms with Gasteiger partial charge in [-0.05, 0) is 6.07 Å². The lowest BCUT2D eigenvalue weighted by Gasteiger charge is -2.22. The van der Waals surface area contributed by atoms with Gasteiger partial charge in [0.1, 0.15) is 33.9 Å². The lowest BCUT2D eigenvalue weighted by Crippen LogP contribution is -2.37. The van der Waals surface area contributed by atoms with Gasteiger partial charge in [0.05, 0.1) is 26.0 Å². The Bertz CT molecular complexity index is 1580. The molecular formula is C24H24ClN9O5. The van der Waals surface area contributed by atoms with E-state index >= 15 is 0 Å². The monoisotopic (exact) mass is 553 g/mol. The number of nitrogens with one attached hydrogen (secondary N) is 2. The van der Waals surface area contributed by atoms with E-state index < -0.39 is 6.09 Å². The molecule has 0 aliphatic carbocycles. The second kappa shape index (κ2) is 10.0. The number of likely N-dealkylation sites (N-methyl/N-ethyl adjacent to an activating group) is 1. The Labute approximate surface area is 226 Å². The van der Waals surface area contributed by atoms with Crippen LogP contribution >= 0.6 is 11.6 Å². The number of imidazole rings is 1. The molecule has 2 aliphatic rings. The number of pyridine rings is 2. The van der Waals surface area contributed by atoms with E-state index in [1.165, 1.54) is 12.4 Å². The molecule has 4 aromatic rings. The molecule has 2 N–H and O–H groups in total. The number of amides is 2. The molecule has 2 aliphatic heterocycles. The van der Waals surface area contributed by atoms with Crippen molar-refractivity contribution in [3.05, 3.63) is 41.3 Å². The van der Waals surface area contributed by atoms with Crippen molar-refractivity contribution in [2.45, 2.75) is 19.1 Å². The van der Waals surface area contributed by atoms with Gasteiger partial charge in [-0.2, -0.15) is 10.1 Å². The smallest absolute Gasteiger partial charge is 0.413 e. The van der Waals surface area contributed by atoms with Gasteiger partial charge in [-0.1, -0.05) is 11.6 Å². The first-order valence-corrected chi connectivity index (χ1v) is 12.5. The summed E-state index contributed by atoms with van der Waals surface area (Å²) in [5.74, 6) is 1.75. The van der Waals surface area contributed by atoms with Gasteiger partial charge in [0.2, 0.25) is 5.95 Å². The van der Waals surface area contributed by atoms with Crippen molar-refractivity contribution in [1.82, 2.24) is 34.2 Å². The minimum atomic E-state index is -0.624. The van der Waals surface area contributed by atoms with Crippen molar-refractivity contribution in [3.8, 4) is 11.5 Å². The number of carbonyl (C=O) groups is 2. The maximum Gasteiger partial charge on any atom is 0.413 e. The van der Waals surface area contributed by atoms with Crippen LogP contribution in [-0.4, -0.2) is 79.1 Å². The standard InChI is InChI=1S/C24H24ClN9O5/c1-32-6-7-34-15(22(32)35)10-18(31-34)28-23-30-21-20(33(23)2)19(25)16(11-27-21)38-13-3-5-26-17(9-13)29-24(36)39-14-4-8-37-12-14/h3,5,9-11,14H,4,6-8,12H2,1-2H3,(H,26,29,36)(H,27,28,30,31)/t14-/m1/s1. The summed E-state index contributed by atoms with van der Waals surface area (Å²) in [7, 11) is 3.54. The van der Waals surface area contributed by atoms with E-state index in [2.05, 4.69) is 30.7 Å². The Balaban J connectivity index is 1.19. The van der Waals surface area contributed by atoms with Crippen molar-refractivity contribution >= 4 is 52.3 Å². The Morgan fingerprint density at radius 2 is 2.08 bits per heavy atom. The number of rotatable bonds is 6. The molecule has 14 nitrogen and oxygen atoms in total. The summed E-state index contributed by atoms with van der Waals surface area (Å²) in [6, 6.07) is 4.85. The molecule has 1 atom stereocenters. The molecule has 6 heterocycles. The quantitative estimate of drug-likeness (QED) is 0.364. The van der Waals surface area contributed by atoms with Gasteiger partial charge in [0.15, 0.2) is 17.2 Å². The topological polar surface area (TPSA) is 151 Å². The molecule has 0 spiro atoms. The predicted octanol–water partition coefficient (Wildman–Crippen LogP) is 3.17. The average Bonchev–Trinajstić information content (AvgIpc) is 3.64. The lowest BCUT2D eigenvalue weighted by molar-refractivity contribution is 0.0742. The maximum atomic E-state index is 12.4. The second-order valence-electron chi connectivity index (χ2n) is 9.09. The summed E-state index contributed by atoms with van der Waals surface area (Å²) in [5.41, 5.74) is 1.43.